The number of nitrogens with one attached hydrogen (secondary N) is 1. The normalized spacial score (nSPS) is 12.6. The molecule has 2 rings (SSSR count). The van der Waals surface area contributed by atoms with Crippen LogP contribution in [-0.2, 0) is 6.42 Å². The van der Waals surface area contributed by atoms with Crippen LogP contribution >= 0.6 is 34.5 Å². The van der Waals surface area contributed by atoms with Gasteiger partial charge in [-0.1, -0.05) is 30.1 Å². The summed E-state index contributed by atoms with van der Waals surface area (Å²) in [4.78, 5) is 2.69. The predicted molar refractivity (Wildman–Crippen MR) is 90.3 cm³/mol. The van der Waals surface area contributed by atoms with E-state index in [1.807, 2.05) is 29.5 Å². The minimum atomic E-state index is 0.296. The third kappa shape index (κ3) is 4.23. The number of rotatable bonds is 6. The molecule has 1 nitrogen and oxygen atoms in total. The fraction of sp³-hybridized carbons (Fsp3) is 0.375. The van der Waals surface area contributed by atoms with Crippen LogP contribution in [0.1, 0.15) is 34.7 Å². The molecule has 0 saturated heterocycles. The summed E-state index contributed by atoms with van der Waals surface area (Å²) in [5, 5.41) is 5.12. The van der Waals surface area contributed by atoms with Gasteiger partial charge in [-0.15, -0.1) is 11.3 Å². The first-order chi connectivity index (χ1) is 9.60. The summed E-state index contributed by atoms with van der Waals surface area (Å²) in [6.07, 6.45) is 1.98. The third-order valence-corrected chi connectivity index (χ3v) is 4.90. The molecule has 4 heteroatoms. The Morgan fingerprint density at radius 1 is 1.20 bits per heavy atom. The van der Waals surface area contributed by atoms with Crippen molar-refractivity contribution in [2.45, 2.75) is 32.7 Å². The number of aryl methyl sites for hydroxylation is 1. The molecule has 20 heavy (non-hydrogen) atoms. The third-order valence-electron chi connectivity index (χ3n) is 3.18. The zero-order valence-electron chi connectivity index (χ0n) is 11.7. The first kappa shape index (κ1) is 15.8. The van der Waals surface area contributed by atoms with E-state index in [0.717, 1.165) is 35.0 Å². The number of benzene rings is 1. The van der Waals surface area contributed by atoms with E-state index in [9.17, 15) is 0 Å². The molecule has 108 valence electrons. The molecule has 0 amide bonds. The van der Waals surface area contributed by atoms with Crippen molar-refractivity contribution in [2.24, 2.45) is 0 Å². The smallest absolute Gasteiger partial charge is 0.0456 e. The highest BCUT2D eigenvalue weighted by atomic mass is 35.5. The molecule has 0 aliphatic heterocycles. The van der Waals surface area contributed by atoms with Gasteiger partial charge in [0.1, 0.15) is 0 Å². The summed E-state index contributed by atoms with van der Waals surface area (Å²) in [6.45, 7) is 5.31. The molecule has 0 bridgehead atoms. The maximum absolute atomic E-state index is 6.28. The lowest BCUT2D eigenvalue weighted by atomic mass is 10.0. The summed E-state index contributed by atoms with van der Waals surface area (Å²) < 4.78 is 0. The number of hydrogen-bond donors (Lipinski definition) is 1. The van der Waals surface area contributed by atoms with Crippen molar-refractivity contribution < 1.29 is 0 Å². The Morgan fingerprint density at radius 3 is 2.65 bits per heavy atom. The van der Waals surface area contributed by atoms with E-state index >= 15 is 0 Å². The lowest BCUT2D eigenvalue weighted by Gasteiger charge is -2.18. The van der Waals surface area contributed by atoms with Crippen molar-refractivity contribution in [3.05, 3.63) is 55.7 Å². The highest BCUT2D eigenvalue weighted by Gasteiger charge is 2.15. The molecule has 1 aromatic carbocycles. The topological polar surface area (TPSA) is 12.0 Å². The van der Waals surface area contributed by atoms with E-state index in [1.165, 1.54) is 9.75 Å². The van der Waals surface area contributed by atoms with Crippen LogP contribution in [-0.4, -0.2) is 6.54 Å². The monoisotopic (exact) mass is 327 g/mol. The van der Waals surface area contributed by atoms with Crippen LogP contribution in [0.25, 0.3) is 0 Å². The highest BCUT2D eigenvalue weighted by Crippen LogP contribution is 2.29. The Balaban J connectivity index is 2.21. The summed E-state index contributed by atoms with van der Waals surface area (Å²) >= 11 is 14.2. The van der Waals surface area contributed by atoms with Gasteiger partial charge in [-0.2, -0.15) is 0 Å². The quantitative estimate of drug-likeness (QED) is 0.723. The number of halogens is 2. The van der Waals surface area contributed by atoms with E-state index in [-0.39, 0.29) is 0 Å². The average molecular weight is 328 g/mol. The molecule has 1 aromatic heterocycles. The fourth-order valence-corrected chi connectivity index (χ4v) is 3.49. The summed E-state index contributed by atoms with van der Waals surface area (Å²) in [5.41, 5.74) is 1.10. The largest absolute Gasteiger partial charge is 0.309 e. The van der Waals surface area contributed by atoms with Crippen molar-refractivity contribution in [3.8, 4) is 0 Å². The van der Waals surface area contributed by atoms with Crippen LogP contribution in [0.3, 0.4) is 0 Å². The standard InChI is InChI=1S/C16H19Cl2NS/c1-3-8-19-15(16-7-4-11(2)20-16)10-12-9-13(17)5-6-14(12)18/h4-7,9,15,19H,3,8,10H2,1-2H3. The van der Waals surface area contributed by atoms with Gasteiger partial charge in [-0.3, -0.25) is 0 Å². The molecule has 1 N–H and O–H groups in total. The zero-order chi connectivity index (χ0) is 14.5. The molecule has 0 saturated carbocycles. The van der Waals surface area contributed by atoms with E-state index in [0.29, 0.717) is 6.04 Å². The Bertz CT molecular complexity index is 565. The first-order valence-electron chi connectivity index (χ1n) is 6.83. The van der Waals surface area contributed by atoms with Gasteiger partial charge in [0.15, 0.2) is 0 Å². The fourth-order valence-electron chi connectivity index (χ4n) is 2.15. The van der Waals surface area contributed by atoms with E-state index in [2.05, 4.69) is 31.3 Å². The molecule has 0 aliphatic carbocycles. The average Bonchev–Trinajstić information content (AvgIpc) is 2.85. The minimum Gasteiger partial charge on any atom is -0.309 e. The van der Waals surface area contributed by atoms with Crippen molar-refractivity contribution in [3.63, 3.8) is 0 Å². The van der Waals surface area contributed by atoms with Crippen LogP contribution < -0.4 is 5.32 Å². The SMILES string of the molecule is CCCNC(Cc1cc(Cl)ccc1Cl)c1ccc(C)s1. The summed E-state index contributed by atoms with van der Waals surface area (Å²) in [6, 6.07) is 10.3. The second kappa shape index (κ2) is 7.46. The second-order valence-corrected chi connectivity index (χ2v) is 7.06. The summed E-state index contributed by atoms with van der Waals surface area (Å²) in [7, 11) is 0. The van der Waals surface area contributed by atoms with Crippen molar-refractivity contribution in [1.29, 1.82) is 0 Å². The van der Waals surface area contributed by atoms with Crippen molar-refractivity contribution in [1.82, 2.24) is 5.32 Å². The minimum absolute atomic E-state index is 0.296. The van der Waals surface area contributed by atoms with Crippen molar-refractivity contribution in [2.75, 3.05) is 6.54 Å². The molecule has 0 aliphatic rings. The maximum atomic E-state index is 6.28. The van der Waals surface area contributed by atoms with Gasteiger partial charge < -0.3 is 5.32 Å². The Hall–Kier alpha value is -0.540. The summed E-state index contributed by atoms with van der Waals surface area (Å²) in [5.74, 6) is 0. The lowest BCUT2D eigenvalue weighted by molar-refractivity contribution is 0.536. The maximum Gasteiger partial charge on any atom is 0.0456 e. The first-order valence-corrected chi connectivity index (χ1v) is 8.41. The predicted octanol–water partition coefficient (Wildman–Crippen LogP) is 5.65. The van der Waals surface area contributed by atoms with Crippen molar-refractivity contribution >= 4 is 34.5 Å². The van der Waals surface area contributed by atoms with E-state index in [4.69, 9.17) is 23.2 Å². The van der Waals surface area contributed by atoms with Crippen LogP contribution in [0, 0.1) is 6.92 Å². The molecule has 1 heterocycles. The Labute approximate surface area is 134 Å². The van der Waals surface area contributed by atoms with Gasteiger partial charge in [-0.25, -0.2) is 0 Å². The molecule has 0 radical (unpaired) electrons. The van der Waals surface area contributed by atoms with E-state index in [1.54, 1.807) is 0 Å². The number of thiophene rings is 1. The molecule has 1 unspecified atom stereocenters. The lowest BCUT2D eigenvalue weighted by Crippen LogP contribution is -2.23. The van der Waals surface area contributed by atoms with Gasteiger partial charge in [0.2, 0.25) is 0 Å². The second-order valence-electron chi connectivity index (χ2n) is 4.89. The van der Waals surface area contributed by atoms with Crippen LogP contribution in [0.5, 0.6) is 0 Å². The molecule has 2 aromatic rings. The Kier molecular flexibility index (Phi) is 5.91. The van der Waals surface area contributed by atoms with Gasteiger partial charge in [0.25, 0.3) is 0 Å². The van der Waals surface area contributed by atoms with Crippen LogP contribution in [0.15, 0.2) is 30.3 Å². The zero-order valence-corrected chi connectivity index (χ0v) is 14.1. The van der Waals surface area contributed by atoms with Crippen LogP contribution in [0.4, 0.5) is 0 Å². The molecule has 1 atom stereocenters. The molecule has 0 fully saturated rings. The number of hydrogen-bond acceptors (Lipinski definition) is 2. The van der Waals surface area contributed by atoms with Crippen LogP contribution in [0.2, 0.25) is 10.0 Å². The molecular formula is C16H19Cl2NS. The van der Waals surface area contributed by atoms with Gasteiger partial charge in [0.05, 0.1) is 0 Å². The highest BCUT2D eigenvalue weighted by molar-refractivity contribution is 7.12. The van der Waals surface area contributed by atoms with Gasteiger partial charge in [-0.05, 0) is 62.2 Å². The molecular weight excluding hydrogens is 309 g/mol. The van der Waals surface area contributed by atoms with Gasteiger partial charge in [0, 0.05) is 25.8 Å². The van der Waals surface area contributed by atoms with E-state index < -0.39 is 0 Å². The molecule has 0 spiro atoms. The van der Waals surface area contributed by atoms with Gasteiger partial charge >= 0.3 is 0 Å². The Morgan fingerprint density at radius 2 is 2.00 bits per heavy atom.